The zero-order valence-corrected chi connectivity index (χ0v) is 16.9. The predicted molar refractivity (Wildman–Crippen MR) is 109 cm³/mol. The van der Waals surface area contributed by atoms with Gasteiger partial charge in [0.1, 0.15) is 22.6 Å². The molecule has 0 saturated heterocycles. The minimum absolute atomic E-state index is 0.129. The summed E-state index contributed by atoms with van der Waals surface area (Å²) in [5.74, 6) is 1.63. The molecular weight excluding hydrogens is 374 g/mol. The average Bonchev–Trinajstić information content (AvgIpc) is 2.73. The molecule has 1 aliphatic rings. The lowest BCUT2D eigenvalue weighted by molar-refractivity contribution is -0.115. The fraction of sp³-hybridized carbons (Fsp3) is 0.381. The summed E-state index contributed by atoms with van der Waals surface area (Å²) in [6, 6.07) is 9.45. The number of aromatic nitrogens is 1. The van der Waals surface area contributed by atoms with E-state index >= 15 is 0 Å². The van der Waals surface area contributed by atoms with Crippen LogP contribution in [0.15, 0.2) is 29.3 Å². The Morgan fingerprint density at radius 2 is 2.07 bits per heavy atom. The van der Waals surface area contributed by atoms with Gasteiger partial charge in [0, 0.05) is 23.9 Å². The van der Waals surface area contributed by atoms with Crippen molar-refractivity contribution in [2.45, 2.75) is 37.1 Å². The van der Waals surface area contributed by atoms with Crippen molar-refractivity contribution in [1.29, 1.82) is 5.26 Å². The molecule has 146 valence electrons. The Morgan fingerprint density at radius 1 is 1.25 bits per heavy atom. The van der Waals surface area contributed by atoms with Crippen LogP contribution in [0, 0.1) is 11.3 Å². The van der Waals surface area contributed by atoms with Crippen LogP contribution < -0.4 is 14.8 Å². The molecule has 1 heterocycles. The summed E-state index contributed by atoms with van der Waals surface area (Å²) in [6.07, 6.45) is 4.55. The predicted octanol–water partition coefficient (Wildman–Crippen LogP) is 3.97. The van der Waals surface area contributed by atoms with Gasteiger partial charge >= 0.3 is 0 Å². The van der Waals surface area contributed by atoms with Crippen molar-refractivity contribution in [2.24, 2.45) is 0 Å². The maximum absolute atomic E-state index is 12.4. The smallest absolute Gasteiger partial charge is 0.225 e. The first-order chi connectivity index (χ1) is 13.6. The number of pyridine rings is 1. The highest BCUT2D eigenvalue weighted by Gasteiger charge is 2.16. The van der Waals surface area contributed by atoms with Crippen LogP contribution in [0.4, 0.5) is 5.69 Å². The second kappa shape index (κ2) is 9.47. The van der Waals surface area contributed by atoms with Gasteiger partial charge in [-0.2, -0.15) is 5.26 Å². The van der Waals surface area contributed by atoms with E-state index in [9.17, 15) is 10.1 Å². The fourth-order valence-corrected chi connectivity index (χ4v) is 4.09. The van der Waals surface area contributed by atoms with Gasteiger partial charge in [-0.25, -0.2) is 4.98 Å². The van der Waals surface area contributed by atoms with Crippen LogP contribution in [0.1, 0.15) is 36.1 Å². The number of hydrogen-bond donors (Lipinski definition) is 1. The average molecular weight is 398 g/mol. The number of nitrogens with zero attached hydrogens (tertiary/aromatic N) is 2. The molecule has 1 N–H and O–H groups in total. The third kappa shape index (κ3) is 4.76. The first kappa shape index (κ1) is 20.0. The summed E-state index contributed by atoms with van der Waals surface area (Å²) in [6.45, 7) is 0. The number of amides is 1. The summed E-state index contributed by atoms with van der Waals surface area (Å²) >= 11 is 1.45. The highest BCUT2D eigenvalue weighted by Crippen LogP contribution is 2.30. The molecule has 1 aliphatic carbocycles. The summed E-state index contributed by atoms with van der Waals surface area (Å²) in [5.41, 5.74) is 3.45. The molecule has 1 aromatic carbocycles. The van der Waals surface area contributed by atoms with Crippen molar-refractivity contribution in [1.82, 2.24) is 4.98 Å². The van der Waals surface area contributed by atoms with Gasteiger partial charge in [0.2, 0.25) is 5.91 Å². The number of carbonyl (C=O) groups is 1. The molecule has 0 atom stereocenters. The fourth-order valence-electron chi connectivity index (χ4n) is 3.17. The number of fused-ring (bicyclic) bond motifs is 1. The van der Waals surface area contributed by atoms with Crippen molar-refractivity contribution in [3.05, 3.63) is 41.1 Å². The number of nitrogens with one attached hydrogen (secondary N) is 1. The van der Waals surface area contributed by atoms with Crippen molar-refractivity contribution in [3.8, 4) is 17.6 Å². The largest absolute Gasteiger partial charge is 0.497 e. The third-order valence-electron chi connectivity index (χ3n) is 4.63. The number of anilines is 1. The molecule has 6 nitrogen and oxygen atoms in total. The molecule has 3 rings (SSSR count). The van der Waals surface area contributed by atoms with Crippen molar-refractivity contribution in [2.75, 3.05) is 25.3 Å². The Balaban J connectivity index is 1.61. The molecule has 1 aromatic heterocycles. The van der Waals surface area contributed by atoms with Crippen LogP contribution in [0.25, 0.3) is 0 Å². The summed E-state index contributed by atoms with van der Waals surface area (Å²) in [4.78, 5) is 17.0. The third-order valence-corrected chi connectivity index (χ3v) is 5.63. The number of aryl methyl sites for hydroxylation is 2. The molecule has 1 amide bonds. The number of ether oxygens (including phenoxy) is 2. The number of rotatable bonds is 7. The first-order valence-electron chi connectivity index (χ1n) is 9.22. The molecule has 2 aromatic rings. The van der Waals surface area contributed by atoms with E-state index < -0.39 is 0 Å². The van der Waals surface area contributed by atoms with Gasteiger partial charge in [0.25, 0.3) is 0 Å². The van der Waals surface area contributed by atoms with E-state index in [0.717, 1.165) is 36.4 Å². The molecule has 0 radical (unpaired) electrons. The minimum Gasteiger partial charge on any atom is -0.497 e. The Morgan fingerprint density at radius 3 is 2.82 bits per heavy atom. The van der Waals surface area contributed by atoms with Gasteiger partial charge in [-0.05, 0) is 49.4 Å². The molecule has 0 saturated carbocycles. The zero-order chi connectivity index (χ0) is 19.9. The van der Waals surface area contributed by atoms with Crippen molar-refractivity contribution >= 4 is 23.4 Å². The normalized spacial score (nSPS) is 12.6. The molecule has 0 spiro atoms. The topological polar surface area (TPSA) is 84.2 Å². The van der Waals surface area contributed by atoms with Crippen molar-refractivity contribution in [3.63, 3.8) is 0 Å². The molecule has 7 heteroatoms. The van der Waals surface area contributed by atoms with E-state index in [1.165, 1.54) is 17.3 Å². The lowest BCUT2D eigenvalue weighted by atomic mass is 9.95. The summed E-state index contributed by atoms with van der Waals surface area (Å²) in [7, 11) is 3.13. The lowest BCUT2D eigenvalue weighted by Crippen LogP contribution is -2.13. The van der Waals surface area contributed by atoms with E-state index in [2.05, 4.69) is 16.4 Å². The Labute approximate surface area is 169 Å². The maximum Gasteiger partial charge on any atom is 0.225 e. The standard InChI is InChI=1S/C21H23N3O3S/c1-26-16-7-8-19(27-2)18(12-16)23-20(25)9-10-28-21-15(13-22)11-14-5-3-4-6-17(14)24-21/h7-8,11-12H,3-6,9-10H2,1-2H3,(H,23,25). The van der Waals surface area contributed by atoms with Crippen LogP contribution in [-0.4, -0.2) is 30.9 Å². The van der Waals surface area contributed by atoms with E-state index in [1.807, 2.05) is 6.07 Å². The van der Waals surface area contributed by atoms with Gasteiger partial charge in [0.15, 0.2) is 0 Å². The molecule has 0 aliphatic heterocycles. The number of hydrogen-bond acceptors (Lipinski definition) is 6. The lowest BCUT2D eigenvalue weighted by Gasteiger charge is -2.16. The van der Waals surface area contributed by atoms with Gasteiger partial charge < -0.3 is 14.8 Å². The molecule has 28 heavy (non-hydrogen) atoms. The van der Waals surface area contributed by atoms with E-state index in [4.69, 9.17) is 9.47 Å². The van der Waals surface area contributed by atoms with E-state index in [0.29, 0.717) is 34.9 Å². The van der Waals surface area contributed by atoms with Crippen LogP contribution >= 0.6 is 11.8 Å². The summed E-state index contributed by atoms with van der Waals surface area (Å²) < 4.78 is 10.5. The van der Waals surface area contributed by atoms with Gasteiger partial charge in [0.05, 0.1) is 25.5 Å². The van der Waals surface area contributed by atoms with Crippen LogP contribution in [-0.2, 0) is 17.6 Å². The van der Waals surface area contributed by atoms with Gasteiger partial charge in [-0.15, -0.1) is 11.8 Å². The quantitative estimate of drug-likeness (QED) is 0.712. The maximum atomic E-state index is 12.4. The monoisotopic (exact) mass is 397 g/mol. The second-order valence-corrected chi connectivity index (χ2v) is 7.56. The molecule has 0 bridgehead atoms. The Kier molecular flexibility index (Phi) is 6.77. The number of methoxy groups -OCH3 is 2. The van der Waals surface area contributed by atoms with Gasteiger partial charge in [-0.3, -0.25) is 4.79 Å². The number of nitriles is 1. The minimum atomic E-state index is -0.129. The van der Waals surface area contributed by atoms with Crippen molar-refractivity contribution < 1.29 is 14.3 Å². The Hall–Kier alpha value is -2.72. The SMILES string of the molecule is COc1ccc(OC)c(NC(=O)CCSc2nc3c(cc2C#N)CCCC3)c1. The summed E-state index contributed by atoms with van der Waals surface area (Å²) in [5, 5.41) is 13.0. The van der Waals surface area contributed by atoms with Crippen LogP contribution in [0.3, 0.4) is 0 Å². The number of benzene rings is 1. The van der Waals surface area contributed by atoms with Gasteiger partial charge in [-0.1, -0.05) is 0 Å². The van der Waals surface area contributed by atoms with Crippen LogP contribution in [0.5, 0.6) is 11.5 Å². The number of carbonyl (C=O) groups excluding carboxylic acids is 1. The Bertz CT molecular complexity index is 908. The molecular formula is C21H23N3O3S. The highest BCUT2D eigenvalue weighted by molar-refractivity contribution is 7.99. The first-order valence-corrected chi connectivity index (χ1v) is 10.2. The zero-order valence-electron chi connectivity index (χ0n) is 16.1. The van der Waals surface area contributed by atoms with E-state index in [-0.39, 0.29) is 5.91 Å². The molecule has 0 fully saturated rings. The van der Waals surface area contributed by atoms with E-state index in [1.54, 1.807) is 32.4 Å². The second-order valence-electron chi connectivity index (χ2n) is 6.48. The highest BCUT2D eigenvalue weighted by atomic mass is 32.2. The van der Waals surface area contributed by atoms with Crippen LogP contribution in [0.2, 0.25) is 0 Å². The molecule has 0 unspecified atom stereocenters. The number of thioether (sulfide) groups is 1.